The number of pyridine rings is 2. The third-order valence-corrected chi connectivity index (χ3v) is 2.37. The van der Waals surface area contributed by atoms with Crippen molar-refractivity contribution in [3.05, 3.63) is 47.4 Å². The lowest BCUT2D eigenvalue weighted by molar-refractivity contribution is 0.101. The van der Waals surface area contributed by atoms with E-state index in [4.69, 9.17) is 11.6 Å². The van der Waals surface area contributed by atoms with E-state index in [2.05, 4.69) is 9.97 Å². The fourth-order valence-electron chi connectivity index (χ4n) is 1.44. The van der Waals surface area contributed by atoms with Crippen LogP contribution < -0.4 is 0 Å². The van der Waals surface area contributed by atoms with E-state index in [1.54, 1.807) is 30.6 Å². The van der Waals surface area contributed by atoms with E-state index in [9.17, 15) is 4.79 Å². The zero-order valence-corrected chi connectivity index (χ0v) is 9.40. The van der Waals surface area contributed by atoms with Crippen LogP contribution >= 0.6 is 11.6 Å². The molecule has 2 heterocycles. The highest BCUT2D eigenvalue weighted by Gasteiger charge is 2.10. The smallest absolute Gasteiger partial charge is 0.178 e. The molecule has 0 aliphatic heterocycles. The lowest BCUT2D eigenvalue weighted by Gasteiger charge is -2.04. The van der Waals surface area contributed by atoms with Crippen LogP contribution in [0.3, 0.4) is 0 Å². The van der Waals surface area contributed by atoms with Crippen molar-refractivity contribution >= 4 is 17.4 Å². The summed E-state index contributed by atoms with van der Waals surface area (Å²) in [7, 11) is 0. The summed E-state index contributed by atoms with van der Waals surface area (Å²) in [4.78, 5) is 19.6. The zero-order valence-electron chi connectivity index (χ0n) is 8.64. The molecule has 0 atom stereocenters. The van der Waals surface area contributed by atoms with Crippen LogP contribution in [-0.4, -0.2) is 15.8 Å². The van der Waals surface area contributed by atoms with Crippen LogP contribution in [0, 0.1) is 0 Å². The van der Waals surface area contributed by atoms with Gasteiger partial charge in [0.15, 0.2) is 5.78 Å². The van der Waals surface area contributed by atoms with Crippen LogP contribution in [0.1, 0.15) is 17.4 Å². The Hall–Kier alpha value is -1.74. The number of rotatable bonds is 2. The summed E-state index contributed by atoms with van der Waals surface area (Å²) in [5.74, 6) is -0.0858. The fourth-order valence-corrected chi connectivity index (χ4v) is 1.60. The molecule has 4 heteroatoms. The van der Waals surface area contributed by atoms with Crippen LogP contribution in [0.15, 0.2) is 36.7 Å². The van der Waals surface area contributed by atoms with E-state index in [1.165, 1.54) is 6.92 Å². The molecular formula is C12H9ClN2O. The second-order valence-electron chi connectivity index (χ2n) is 3.32. The van der Waals surface area contributed by atoms with Gasteiger partial charge in [-0.3, -0.25) is 14.8 Å². The van der Waals surface area contributed by atoms with E-state index in [1.807, 2.05) is 6.07 Å². The van der Waals surface area contributed by atoms with Gasteiger partial charge in [0.25, 0.3) is 0 Å². The molecule has 0 fully saturated rings. The molecular weight excluding hydrogens is 224 g/mol. The number of halogens is 1. The summed E-state index contributed by atoms with van der Waals surface area (Å²) < 4.78 is 0. The third kappa shape index (κ3) is 2.09. The minimum absolute atomic E-state index is 0.0858. The fraction of sp³-hybridized carbons (Fsp3) is 0.0833. The molecule has 16 heavy (non-hydrogen) atoms. The van der Waals surface area contributed by atoms with E-state index < -0.39 is 0 Å². The molecule has 2 aromatic rings. The maximum absolute atomic E-state index is 11.4. The Morgan fingerprint density at radius 2 is 2.06 bits per heavy atom. The van der Waals surface area contributed by atoms with E-state index in [0.717, 1.165) is 0 Å². The highest BCUT2D eigenvalue weighted by Crippen LogP contribution is 2.22. The molecule has 0 unspecified atom stereocenters. The van der Waals surface area contributed by atoms with Crippen molar-refractivity contribution in [1.29, 1.82) is 0 Å². The highest BCUT2D eigenvalue weighted by atomic mass is 35.5. The molecule has 0 N–H and O–H groups in total. The van der Waals surface area contributed by atoms with Crippen molar-refractivity contribution in [2.45, 2.75) is 6.92 Å². The average Bonchev–Trinajstić information content (AvgIpc) is 2.29. The molecule has 0 aromatic carbocycles. The van der Waals surface area contributed by atoms with Crippen molar-refractivity contribution in [3.8, 4) is 11.3 Å². The molecule has 80 valence electrons. The lowest BCUT2D eigenvalue weighted by atomic mass is 10.1. The molecule has 0 spiro atoms. The first-order valence-corrected chi connectivity index (χ1v) is 5.14. The van der Waals surface area contributed by atoms with Gasteiger partial charge in [0.2, 0.25) is 0 Å². The molecule has 0 saturated carbocycles. The number of hydrogen-bond acceptors (Lipinski definition) is 3. The van der Waals surface area contributed by atoms with Gasteiger partial charge in [0.1, 0.15) is 5.69 Å². The number of carbonyl (C=O) groups is 1. The van der Waals surface area contributed by atoms with Crippen molar-refractivity contribution < 1.29 is 4.79 Å². The number of Topliss-reactive ketones (excluding diaryl/α,β-unsaturated/α-hetero) is 1. The van der Waals surface area contributed by atoms with Gasteiger partial charge in [0.05, 0.1) is 5.69 Å². The van der Waals surface area contributed by atoms with Gasteiger partial charge in [-0.25, -0.2) is 0 Å². The van der Waals surface area contributed by atoms with Crippen LogP contribution in [0.4, 0.5) is 0 Å². The molecule has 0 radical (unpaired) electrons. The maximum atomic E-state index is 11.4. The number of nitrogens with zero attached hydrogens (tertiary/aromatic N) is 2. The summed E-state index contributed by atoms with van der Waals surface area (Å²) >= 11 is 5.88. The minimum atomic E-state index is -0.0858. The van der Waals surface area contributed by atoms with Crippen LogP contribution in [0.5, 0.6) is 0 Å². The Bertz CT molecular complexity index is 540. The molecule has 0 bridgehead atoms. The Balaban J connectivity index is 2.60. The van der Waals surface area contributed by atoms with Gasteiger partial charge >= 0.3 is 0 Å². The Labute approximate surface area is 98.1 Å². The molecule has 0 aliphatic carbocycles. The van der Waals surface area contributed by atoms with Gasteiger partial charge in [0, 0.05) is 29.9 Å². The first-order valence-electron chi connectivity index (χ1n) is 4.76. The molecule has 2 aromatic heterocycles. The van der Waals surface area contributed by atoms with Gasteiger partial charge < -0.3 is 0 Å². The van der Waals surface area contributed by atoms with Crippen LogP contribution in [0.2, 0.25) is 5.02 Å². The Kier molecular flexibility index (Phi) is 2.97. The van der Waals surface area contributed by atoms with Gasteiger partial charge in [-0.15, -0.1) is 0 Å². The molecule has 0 aliphatic rings. The van der Waals surface area contributed by atoms with Gasteiger partial charge in [-0.1, -0.05) is 11.6 Å². The summed E-state index contributed by atoms with van der Waals surface area (Å²) in [5.41, 5.74) is 1.78. The molecule has 2 rings (SSSR count). The summed E-state index contributed by atoms with van der Waals surface area (Å²) in [5, 5.41) is 0.586. The maximum Gasteiger partial charge on any atom is 0.178 e. The monoisotopic (exact) mass is 232 g/mol. The van der Waals surface area contributed by atoms with Crippen LogP contribution in [-0.2, 0) is 0 Å². The van der Waals surface area contributed by atoms with E-state index in [-0.39, 0.29) is 5.78 Å². The first kappa shape index (κ1) is 10.8. The summed E-state index contributed by atoms with van der Waals surface area (Å²) in [6.45, 7) is 1.48. The quantitative estimate of drug-likeness (QED) is 0.748. The summed E-state index contributed by atoms with van der Waals surface area (Å²) in [6, 6.07) is 6.98. The van der Waals surface area contributed by atoms with Crippen LogP contribution in [0.25, 0.3) is 11.3 Å². The third-order valence-electron chi connectivity index (χ3n) is 2.14. The first-order chi connectivity index (χ1) is 7.68. The predicted molar refractivity (Wildman–Crippen MR) is 62.5 cm³/mol. The summed E-state index contributed by atoms with van der Waals surface area (Å²) in [6.07, 6.45) is 3.19. The topological polar surface area (TPSA) is 42.9 Å². The predicted octanol–water partition coefficient (Wildman–Crippen LogP) is 3.00. The SMILES string of the molecule is CC(=O)c1ncccc1-c1cc(Cl)ccn1. The zero-order chi connectivity index (χ0) is 11.5. The number of aromatic nitrogens is 2. The lowest BCUT2D eigenvalue weighted by Crippen LogP contribution is -2.00. The number of hydrogen-bond donors (Lipinski definition) is 0. The second-order valence-corrected chi connectivity index (χ2v) is 3.75. The standard InChI is InChI=1S/C12H9ClN2O/c1-8(16)12-10(3-2-5-15-12)11-7-9(13)4-6-14-11/h2-7H,1H3. The minimum Gasteiger partial charge on any atom is -0.293 e. The van der Waals surface area contributed by atoms with Crippen molar-refractivity contribution in [2.75, 3.05) is 0 Å². The van der Waals surface area contributed by atoms with E-state index in [0.29, 0.717) is 22.0 Å². The largest absolute Gasteiger partial charge is 0.293 e. The highest BCUT2D eigenvalue weighted by molar-refractivity contribution is 6.30. The number of ketones is 1. The Morgan fingerprint density at radius 3 is 2.75 bits per heavy atom. The van der Waals surface area contributed by atoms with Gasteiger partial charge in [-0.05, 0) is 24.3 Å². The molecule has 0 amide bonds. The van der Waals surface area contributed by atoms with E-state index >= 15 is 0 Å². The normalized spacial score (nSPS) is 10.1. The van der Waals surface area contributed by atoms with Gasteiger partial charge in [-0.2, -0.15) is 0 Å². The Morgan fingerprint density at radius 1 is 1.25 bits per heavy atom. The second kappa shape index (κ2) is 4.41. The van der Waals surface area contributed by atoms with Crippen molar-refractivity contribution in [3.63, 3.8) is 0 Å². The average molecular weight is 233 g/mol. The number of carbonyl (C=O) groups excluding carboxylic acids is 1. The van der Waals surface area contributed by atoms with Crippen molar-refractivity contribution in [2.24, 2.45) is 0 Å². The molecule has 0 saturated heterocycles. The molecule has 3 nitrogen and oxygen atoms in total. The van der Waals surface area contributed by atoms with Crippen molar-refractivity contribution in [1.82, 2.24) is 9.97 Å².